The van der Waals surface area contributed by atoms with Crippen LogP contribution < -0.4 is 10.5 Å². The number of benzene rings is 2. The molecule has 20 heavy (non-hydrogen) atoms. The lowest BCUT2D eigenvalue weighted by Gasteiger charge is -2.11. The number of rotatable bonds is 4. The Kier molecular flexibility index (Phi) is 4.69. The zero-order valence-electron chi connectivity index (χ0n) is 12.1. The molecule has 0 amide bonds. The third kappa shape index (κ3) is 3.75. The quantitative estimate of drug-likeness (QED) is 0.890. The van der Waals surface area contributed by atoms with Crippen molar-refractivity contribution < 1.29 is 4.74 Å². The highest BCUT2D eigenvalue weighted by Crippen LogP contribution is 2.31. The van der Waals surface area contributed by atoms with E-state index in [0.717, 1.165) is 17.7 Å². The summed E-state index contributed by atoms with van der Waals surface area (Å²) in [6, 6.07) is 12.0. The molecule has 0 saturated heterocycles. The van der Waals surface area contributed by atoms with Gasteiger partial charge in [0.05, 0.1) is 5.02 Å². The normalized spacial score (nSPS) is 12.2. The topological polar surface area (TPSA) is 35.2 Å². The molecule has 2 N–H and O–H groups in total. The number of hydrogen-bond acceptors (Lipinski definition) is 2. The van der Waals surface area contributed by atoms with Crippen molar-refractivity contribution in [2.75, 3.05) is 0 Å². The van der Waals surface area contributed by atoms with Gasteiger partial charge >= 0.3 is 0 Å². The second-order valence-corrected chi connectivity index (χ2v) is 5.70. The van der Waals surface area contributed by atoms with Crippen molar-refractivity contribution in [2.24, 2.45) is 5.73 Å². The predicted octanol–water partition coefficient (Wildman–Crippen LogP) is 4.64. The summed E-state index contributed by atoms with van der Waals surface area (Å²) >= 11 is 6.27. The van der Waals surface area contributed by atoms with E-state index in [1.165, 1.54) is 11.1 Å². The largest absolute Gasteiger partial charge is 0.456 e. The SMILES string of the molecule is Cc1ccc(Oc2ccc(CC(C)N)cc2Cl)cc1C. The van der Waals surface area contributed by atoms with E-state index in [2.05, 4.69) is 13.8 Å². The lowest BCUT2D eigenvalue weighted by Crippen LogP contribution is -2.17. The van der Waals surface area contributed by atoms with Crippen LogP contribution in [0.4, 0.5) is 0 Å². The maximum Gasteiger partial charge on any atom is 0.146 e. The van der Waals surface area contributed by atoms with Gasteiger partial charge in [0.1, 0.15) is 11.5 Å². The Labute approximate surface area is 125 Å². The number of hydrogen-bond donors (Lipinski definition) is 1. The molecular weight excluding hydrogens is 270 g/mol. The Hall–Kier alpha value is -1.51. The van der Waals surface area contributed by atoms with Crippen molar-refractivity contribution >= 4 is 11.6 Å². The van der Waals surface area contributed by atoms with Gasteiger partial charge in [0.15, 0.2) is 0 Å². The zero-order valence-corrected chi connectivity index (χ0v) is 12.9. The Morgan fingerprint density at radius 3 is 2.45 bits per heavy atom. The minimum Gasteiger partial charge on any atom is -0.456 e. The molecule has 3 heteroatoms. The van der Waals surface area contributed by atoms with E-state index in [-0.39, 0.29) is 6.04 Å². The third-order valence-electron chi connectivity index (χ3n) is 3.26. The van der Waals surface area contributed by atoms with Gasteiger partial charge in [0.25, 0.3) is 0 Å². The van der Waals surface area contributed by atoms with Crippen LogP contribution in [0.1, 0.15) is 23.6 Å². The van der Waals surface area contributed by atoms with Crippen molar-refractivity contribution in [2.45, 2.75) is 33.2 Å². The van der Waals surface area contributed by atoms with Crippen LogP contribution in [0.25, 0.3) is 0 Å². The highest BCUT2D eigenvalue weighted by atomic mass is 35.5. The Balaban J connectivity index is 2.19. The molecule has 2 aromatic carbocycles. The second kappa shape index (κ2) is 6.29. The number of aryl methyl sites for hydroxylation is 2. The first-order chi connectivity index (χ1) is 9.45. The van der Waals surface area contributed by atoms with Gasteiger partial charge in [-0.25, -0.2) is 0 Å². The minimum absolute atomic E-state index is 0.123. The first-order valence-corrected chi connectivity index (χ1v) is 7.12. The molecule has 2 nitrogen and oxygen atoms in total. The van der Waals surface area contributed by atoms with E-state index in [4.69, 9.17) is 22.1 Å². The summed E-state index contributed by atoms with van der Waals surface area (Å²) in [6.07, 6.45) is 0.809. The molecule has 2 rings (SSSR count). The predicted molar refractivity (Wildman–Crippen MR) is 84.8 cm³/mol. The summed E-state index contributed by atoms with van der Waals surface area (Å²) in [5.41, 5.74) is 9.36. The molecule has 0 saturated carbocycles. The van der Waals surface area contributed by atoms with E-state index in [1.54, 1.807) is 0 Å². The molecule has 2 aromatic rings. The van der Waals surface area contributed by atoms with Crippen LogP contribution in [-0.2, 0) is 6.42 Å². The second-order valence-electron chi connectivity index (χ2n) is 5.29. The fourth-order valence-corrected chi connectivity index (χ4v) is 2.27. The highest BCUT2D eigenvalue weighted by Gasteiger charge is 2.06. The average Bonchev–Trinajstić information content (AvgIpc) is 2.36. The van der Waals surface area contributed by atoms with Crippen molar-refractivity contribution in [3.63, 3.8) is 0 Å². The molecule has 1 unspecified atom stereocenters. The molecule has 1 atom stereocenters. The van der Waals surface area contributed by atoms with Crippen LogP contribution in [0.5, 0.6) is 11.5 Å². The van der Waals surface area contributed by atoms with E-state index in [0.29, 0.717) is 10.8 Å². The third-order valence-corrected chi connectivity index (χ3v) is 3.56. The number of nitrogens with two attached hydrogens (primary N) is 1. The maximum atomic E-state index is 6.27. The minimum atomic E-state index is 0.123. The lowest BCUT2D eigenvalue weighted by atomic mass is 10.1. The van der Waals surface area contributed by atoms with Crippen LogP contribution >= 0.6 is 11.6 Å². The first-order valence-electron chi connectivity index (χ1n) is 6.75. The Bertz CT molecular complexity index is 608. The van der Waals surface area contributed by atoms with Crippen LogP contribution in [0.2, 0.25) is 5.02 Å². The molecule has 0 aromatic heterocycles. The van der Waals surface area contributed by atoms with E-state index < -0.39 is 0 Å². The molecule has 0 aliphatic heterocycles. The highest BCUT2D eigenvalue weighted by molar-refractivity contribution is 6.32. The van der Waals surface area contributed by atoms with E-state index in [1.807, 2.05) is 43.3 Å². The molecule has 0 radical (unpaired) electrons. The summed E-state index contributed by atoms with van der Waals surface area (Å²) < 4.78 is 5.84. The summed E-state index contributed by atoms with van der Waals surface area (Å²) in [5.74, 6) is 1.47. The monoisotopic (exact) mass is 289 g/mol. The van der Waals surface area contributed by atoms with Crippen molar-refractivity contribution in [3.05, 3.63) is 58.1 Å². The van der Waals surface area contributed by atoms with Gasteiger partial charge in [-0.3, -0.25) is 0 Å². The van der Waals surface area contributed by atoms with Gasteiger partial charge in [-0.05, 0) is 68.1 Å². The van der Waals surface area contributed by atoms with Crippen molar-refractivity contribution in [1.82, 2.24) is 0 Å². The zero-order chi connectivity index (χ0) is 14.7. The number of ether oxygens (including phenoxy) is 1. The maximum absolute atomic E-state index is 6.27. The van der Waals surface area contributed by atoms with E-state index in [9.17, 15) is 0 Å². The van der Waals surface area contributed by atoms with Gasteiger partial charge < -0.3 is 10.5 Å². The van der Waals surface area contributed by atoms with Gasteiger partial charge in [-0.15, -0.1) is 0 Å². The van der Waals surface area contributed by atoms with Crippen LogP contribution in [0.15, 0.2) is 36.4 Å². The van der Waals surface area contributed by atoms with E-state index >= 15 is 0 Å². The smallest absolute Gasteiger partial charge is 0.146 e. The summed E-state index contributed by atoms with van der Waals surface area (Å²) in [7, 11) is 0. The average molecular weight is 290 g/mol. The lowest BCUT2D eigenvalue weighted by molar-refractivity contribution is 0.482. The Morgan fingerprint density at radius 2 is 1.85 bits per heavy atom. The summed E-state index contributed by atoms with van der Waals surface area (Å²) in [6.45, 7) is 6.12. The molecule has 0 heterocycles. The molecule has 0 spiro atoms. The van der Waals surface area contributed by atoms with Crippen LogP contribution in [-0.4, -0.2) is 6.04 Å². The standard InChI is InChI=1S/C17H20ClNO/c1-11-4-6-15(8-12(11)2)20-17-7-5-14(9-13(3)19)10-16(17)18/h4-8,10,13H,9,19H2,1-3H3. The fraction of sp³-hybridized carbons (Fsp3) is 0.294. The van der Waals surface area contributed by atoms with Crippen LogP contribution in [0.3, 0.4) is 0 Å². The van der Waals surface area contributed by atoms with Gasteiger partial charge in [-0.1, -0.05) is 23.7 Å². The van der Waals surface area contributed by atoms with Crippen LogP contribution in [0, 0.1) is 13.8 Å². The molecule has 0 bridgehead atoms. The Morgan fingerprint density at radius 1 is 1.10 bits per heavy atom. The first kappa shape index (κ1) is 14.9. The van der Waals surface area contributed by atoms with Gasteiger partial charge in [0.2, 0.25) is 0 Å². The molecule has 0 aliphatic rings. The number of halogens is 1. The fourth-order valence-electron chi connectivity index (χ4n) is 2.03. The molecule has 0 aliphatic carbocycles. The molecule has 106 valence electrons. The molecular formula is C17H20ClNO. The summed E-state index contributed by atoms with van der Waals surface area (Å²) in [5, 5.41) is 0.612. The van der Waals surface area contributed by atoms with Gasteiger partial charge in [-0.2, -0.15) is 0 Å². The van der Waals surface area contributed by atoms with Crippen molar-refractivity contribution in [1.29, 1.82) is 0 Å². The van der Waals surface area contributed by atoms with Crippen molar-refractivity contribution in [3.8, 4) is 11.5 Å². The van der Waals surface area contributed by atoms with Gasteiger partial charge in [0, 0.05) is 6.04 Å². The summed E-state index contributed by atoms with van der Waals surface area (Å²) in [4.78, 5) is 0. The molecule has 0 fully saturated rings.